The number of aryl methyl sites for hydroxylation is 1. The molecule has 2 aromatic rings. The highest BCUT2D eigenvalue weighted by molar-refractivity contribution is 5.35. The van der Waals surface area contributed by atoms with Gasteiger partial charge in [-0.25, -0.2) is 0 Å². The maximum absolute atomic E-state index is 10.2. The van der Waals surface area contributed by atoms with Gasteiger partial charge in [-0.3, -0.25) is 0 Å². The predicted molar refractivity (Wildman–Crippen MR) is 68.2 cm³/mol. The number of hydrogen-bond acceptors (Lipinski definition) is 2. The van der Waals surface area contributed by atoms with E-state index in [0.29, 0.717) is 0 Å². The van der Waals surface area contributed by atoms with Crippen LogP contribution in [0.25, 0.3) is 0 Å². The lowest BCUT2D eigenvalue weighted by Gasteiger charge is -2.12. The topological polar surface area (TPSA) is 29.5 Å². The molecular formula is C15H16O2. The molecule has 0 heterocycles. The van der Waals surface area contributed by atoms with E-state index in [4.69, 9.17) is 4.74 Å². The van der Waals surface area contributed by atoms with Crippen LogP contribution in [0.4, 0.5) is 0 Å². The summed E-state index contributed by atoms with van der Waals surface area (Å²) < 4.78 is 5.15. The van der Waals surface area contributed by atoms with E-state index in [2.05, 4.69) is 0 Å². The third-order valence-corrected chi connectivity index (χ3v) is 2.80. The second-order valence-electron chi connectivity index (χ2n) is 4.09. The van der Waals surface area contributed by atoms with Gasteiger partial charge in [0.15, 0.2) is 0 Å². The molecule has 0 unspecified atom stereocenters. The Morgan fingerprint density at radius 2 is 1.71 bits per heavy atom. The van der Waals surface area contributed by atoms with Crippen molar-refractivity contribution in [3.63, 3.8) is 0 Å². The number of hydrogen-bond donors (Lipinski definition) is 1. The quantitative estimate of drug-likeness (QED) is 0.874. The molecule has 88 valence electrons. The van der Waals surface area contributed by atoms with Crippen LogP contribution in [0.1, 0.15) is 22.8 Å². The third kappa shape index (κ3) is 2.66. The first-order valence-electron chi connectivity index (χ1n) is 5.59. The Labute approximate surface area is 101 Å². The maximum atomic E-state index is 10.2. The summed E-state index contributed by atoms with van der Waals surface area (Å²) in [6.45, 7) is 2.03. The Morgan fingerprint density at radius 3 is 2.35 bits per heavy atom. The largest absolute Gasteiger partial charge is 0.497 e. The van der Waals surface area contributed by atoms with Crippen molar-refractivity contribution in [3.05, 3.63) is 65.2 Å². The van der Waals surface area contributed by atoms with Crippen molar-refractivity contribution in [2.45, 2.75) is 13.0 Å². The number of rotatable bonds is 3. The van der Waals surface area contributed by atoms with Crippen LogP contribution in [0.15, 0.2) is 48.5 Å². The zero-order valence-corrected chi connectivity index (χ0v) is 10.1. The van der Waals surface area contributed by atoms with Crippen LogP contribution >= 0.6 is 0 Å². The van der Waals surface area contributed by atoms with Gasteiger partial charge in [0.1, 0.15) is 11.9 Å². The molecule has 0 bridgehead atoms. The Balaban J connectivity index is 2.29. The van der Waals surface area contributed by atoms with E-state index >= 15 is 0 Å². The van der Waals surface area contributed by atoms with E-state index in [1.165, 1.54) is 5.56 Å². The first-order valence-corrected chi connectivity index (χ1v) is 5.59. The Bertz CT molecular complexity index is 489. The van der Waals surface area contributed by atoms with Gasteiger partial charge < -0.3 is 9.84 Å². The fraction of sp³-hybridized carbons (Fsp3) is 0.200. The van der Waals surface area contributed by atoms with E-state index in [1.54, 1.807) is 7.11 Å². The number of aliphatic hydroxyl groups excluding tert-OH is 1. The van der Waals surface area contributed by atoms with Crippen molar-refractivity contribution in [2.75, 3.05) is 7.11 Å². The molecule has 0 aliphatic heterocycles. The van der Waals surface area contributed by atoms with Crippen molar-refractivity contribution in [1.29, 1.82) is 0 Å². The van der Waals surface area contributed by atoms with Gasteiger partial charge >= 0.3 is 0 Å². The highest BCUT2D eigenvalue weighted by Crippen LogP contribution is 2.25. The molecule has 2 rings (SSSR count). The Morgan fingerprint density at radius 1 is 1.00 bits per heavy atom. The summed E-state index contributed by atoms with van der Waals surface area (Å²) in [6, 6.07) is 15.4. The molecule has 1 atom stereocenters. The molecule has 0 aliphatic carbocycles. The summed E-state index contributed by atoms with van der Waals surface area (Å²) in [6.07, 6.45) is -0.606. The SMILES string of the molecule is COc1cccc([C@@H](O)c2ccc(C)cc2)c1. The normalized spacial score (nSPS) is 12.2. The molecule has 0 fully saturated rings. The molecule has 0 aromatic heterocycles. The second kappa shape index (κ2) is 5.02. The minimum absolute atomic E-state index is 0.606. The van der Waals surface area contributed by atoms with Gasteiger partial charge in [-0.1, -0.05) is 42.0 Å². The molecule has 2 nitrogen and oxygen atoms in total. The summed E-state index contributed by atoms with van der Waals surface area (Å²) >= 11 is 0. The summed E-state index contributed by atoms with van der Waals surface area (Å²) in [7, 11) is 1.62. The van der Waals surface area contributed by atoms with Crippen molar-refractivity contribution in [2.24, 2.45) is 0 Å². The summed E-state index contributed by atoms with van der Waals surface area (Å²) in [5, 5.41) is 10.2. The molecule has 2 heteroatoms. The monoisotopic (exact) mass is 228 g/mol. The van der Waals surface area contributed by atoms with E-state index in [0.717, 1.165) is 16.9 Å². The van der Waals surface area contributed by atoms with E-state index in [1.807, 2.05) is 55.5 Å². The summed E-state index contributed by atoms with van der Waals surface area (Å²) in [5.74, 6) is 0.758. The molecule has 0 radical (unpaired) electrons. The molecule has 17 heavy (non-hydrogen) atoms. The van der Waals surface area contributed by atoms with Crippen LogP contribution in [0.3, 0.4) is 0 Å². The Hall–Kier alpha value is -1.80. The number of ether oxygens (including phenoxy) is 1. The van der Waals surface area contributed by atoms with Gasteiger partial charge in [-0.05, 0) is 30.2 Å². The van der Waals surface area contributed by atoms with Crippen LogP contribution in [-0.2, 0) is 0 Å². The van der Waals surface area contributed by atoms with Gasteiger partial charge in [0, 0.05) is 0 Å². The zero-order chi connectivity index (χ0) is 12.3. The number of methoxy groups -OCH3 is 1. The van der Waals surface area contributed by atoms with Crippen LogP contribution in [0, 0.1) is 6.92 Å². The molecule has 0 saturated carbocycles. The lowest BCUT2D eigenvalue weighted by Crippen LogP contribution is -1.99. The van der Waals surface area contributed by atoms with E-state index in [9.17, 15) is 5.11 Å². The summed E-state index contributed by atoms with van der Waals surface area (Å²) in [4.78, 5) is 0. The van der Waals surface area contributed by atoms with E-state index < -0.39 is 6.10 Å². The highest BCUT2D eigenvalue weighted by Gasteiger charge is 2.10. The fourth-order valence-electron chi connectivity index (χ4n) is 1.75. The highest BCUT2D eigenvalue weighted by atomic mass is 16.5. The molecule has 2 aromatic carbocycles. The molecule has 0 amide bonds. The first kappa shape index (κ1) is 11.7. The molecule has 1 N–H and O–H groups in total. The minimum Gasteiger partial charge on any atom is -0.497 e. The van der Waals surface area contributed by atoms with Crippen LogP contribution < -0.4 is 4.74 Å². The average molecular weight is 228 g/mol. The molecule has 0 aliphatic rings. The van der Waals surface area contributed by atoms with Crippen LogP contribution in [0.5, 0.6) is 5.75 Å². The molecular weight excluding hydrogens is 212 g/mol. The lowest BCUT2D eigenvalue weighted by molar-refractivity contribution is 0.220. The first-order chi connectivity index (χ1) is 8.20. The molecule has 0 spiro atoms. The average Bonchev–Trinajstić information content (AvgIpc) is 2.39. The van der Waals surface area contributed by atoms with Crippen molar-refractivity contribution < 1.29 is 9.84 Å². The van der Waals surface area contributed by atoms with Gasteiger partial charge in [-0.2, -0.15) is 0 Å². The minimum atomic E-state index is -0.606. The van der Waals surface area contributed by atoms with Gasteiger partial charge in [0.05, 0.1) is 7.11 Å². The maximum Gasteiger partial charge on any atom is 0.119 e. The van der Waals surface area contributed by atoms with Crippen LogP contribution in [0.2, 0.25) is 0 Å². The van der Waals surface area contributed by atoms with Crippen molar-refractivity contribution in [1.82, 2.24) is 0 Å². The number of benzene rings is 2. The van der Waals surface area contributed by atoms with Gasteiger partial charge in [-0.15, -0.1) is 0 Å². The van der Waals surface area contributed by atoms with Gasteiger partial charge in [0.2, 0.25) is 0 Å². The number of aliphatic hydroxyl groups is 1. The Kier molecular flexibility index (Phi) is 3.45. The van der Waals surface area contributed by atoms with Crippen molar-refractivity contribution >= 4 is 0 Å². The van der Waals surface area contributed by atoms with Gasteiger partial charge in [0.25, 0.3) is 0 Å². The fourth-order valence-corrected chi connectivity index (χ4v) is 1.75. The second-order valence-corrected chi connectivity index (χ2v) is 4.09. The molecule has 0 saturated heterocycles. The lowest BCUT2D eigenvalue weighted by atomic mass is 10.0. The van der Waals surface area contributed by atoms with Crippen LogP contribution in [-0.4, -0.2) is 12.2 Å². The smallest absolute Gasteiger partial charge is 0.119 e. The predicted octanol–water partition coefficient (Wildman–Crippen LogP) is 3.09. The zero-order valence-electron chi connectivity index (χ0n) is 10.1. The van der Waals surface area contributed by atoms with E-state index in [-0.39, 0.29) is 0 Å². The third-order valence-electron chi connectivity index (χ3n) is 2.80. The summed E-state index contributed by atoms with van der Waals surface area (Å²) in [5.41, 5.74) is 2.92. The standard InChI is InChI=1S/C15H16O2/c1-11-6-8-12(9-7-11)15(16)13-4-3-5-14(10-13)17-2/h3-10,15-16H,1-2H3/t15-/m0/s1. The van der Waals surface area contributed by atoms with Crippen molar-refractivity contribution in [3.8, 4) is 5.75 Å².